The zero-order valence-corrected chi connectivity index (χ0v) is 14.8. The van der Waals surface area contributed by atoms with Crippen molar-refractivity contribution in [2.75, 3.05) is 19.0 Å². The molecule has 26 heavy (non-hydrogen) atoms. The number of hydrogen-bond donors (Lipinski definition) is 2. The summed E-state index contributed by atoms with van der Waals surface area (Å²) >= 11 is 0. The summed E-state index contributed by atoms with van der Waals surface area (Å²) in [5.41, 5.74) is 2.86. The van der Waals surface area contributed by atoms with E-state index in [0.717, 1.165) is 24.1 Å². The number of nitrogens with one attached hydrogen (secondary N) is 1. The number of amides is 1. The van der Waals surface area contributed by atoms with Gasteiger partial charge in [-0.25, -0.2) is 0 Å². The molecule has 1 aromatic carbocycles. The lowest BCUT2D eigenvalue weighted by atomic mass is 10.00. The molecule has 1 unspecified atom stereocenters. The van der Waals surface area contributed by atoms with Gasteiger partial charge in [-0.15, -0.1) is 0 Å². The number of aryl methyl sites for hydroxylation is 1. The van der Waals surface area contributed by atoms with Gasteiger partial charge >= 0.3 is 0 Å². The van der Waals surface area contributed by atoms with Crippen molar-refractivity contribution in [3.05, 3.63) is 47.2 Å². The molecule has 1 atom stereocenters. The summed E-state index contributed by atoms with van der Waals surface area (Å²) in [4.78, 5) is 21.7. The molecule has 0 saturated carbocycles. The third-order valence-electron chi connectivity index (χ3n) is 4.40. The van der Waals surface area contributed by atoms with Gasteiger partial charge in [-0.2, -0.15) is 0 Å². The van der Waals surface area contributed by atoms with E-state index in [-0.39, 0.29) is 18.6 Å². The number of hydrogen-bond acceptors (Lipinski definition) is 5. The van der Waals surface area contributed by atoms with E-state index < -0.39 is 0 Å². The number of fused-ring (bicyclic) bond motifs is 2. The summed E-state index contributed by atoms with van der Waals surface area (Å²) < 4.78 is 5.36. The van der Waals surface area contributed by atoms with Crippen LogP contribution >= 0.6 is 0 Å². The highest BCUT2D eigenvalue weighted by atomic mass is 16.5. The topological polar surface area (TPSA) is 83.3 Å². The molecule has 0 fully saturated rings. The molecular weight excluding hydrogens is 330 g/mol. The molecular formula is C20H23N3O3. The SMILES string of the molecule is COc1ccc(CCCO)cc1NC(=O)C1=C2CC(CC=CC=N2)N=C1. The Morgan fingerprint density at radius 3 is 3.12 bits per heavy atom. The fourth-order valence-corrected chi connectivity index (χ4v) is 3.01. The van der Waals surface area contributed by atoms with E-state index in [1.807, 2.05) is 30.4 Å². The fourth-order valence-electron chi connectivity index (χ4n) is 3.01. The first kappa shape index (κ1) is 18.1. The third-order valence-corrected chi connectivity index (χ3v) is 4.40. The molecule has 3 rings (SSSR count). The lowest BCUT2D eigenvalue weighted by Gasteiger charge is -2.20. The molecule has 0 saturated heterocycles. The zero-order valence-electron chi connectivity index (χ0n) is 14.8. The van der Waals surface area contributed by atoms with Crippen LogP contribution in [0, 0.1) is 0 Å². The van der Waals surface area contributed by atoms with Crippen molar-refractivity contribution in [2.24, 2.45) is 9.98 Å². The highest BCUT2D eigenvalue weighted by Crippen LogP contribution is 2.28. The smallest absolute Gasteiger partial charge is 0.259 e. The summed E-state index contributed by atoms with van der Waals surface area (Å²) in [6.07, 6.45) is 10.2. The number of benzene rings is 1. The van der Waals surface area contributed by atoms with Crippen molar-refractivity contribution in [1.82, 2.24) is 0 Å². The van der Waals surface area contributed by atoms with Crippen molar-refractivity contribution in [3.8, 4) is 5.75 Å². The number of ether oxygens (including phenoxy) is 1. The normalized spacial score (nSPS) is 18.5. The second-order valence-electron chi connectivity index (χ2n) is 6.25. The number of aliphatic hydroxyl groups excluding tert-OH is 1. The Morgan fingerprint density at radius 1 is 1.42 bits per heavy atom. The van der Waals surface area contributed by atoms with Crippen molar-refractivity contribution >= 4 is 24.0 Å². The minimum Gasteiger partial charge on any atom is -0.495 e. The minimum atomic E-state index is -0.249. The van der Waals surface area contributed by atoms with Gasteiger partial charge < -0.3 is 15.2 Å². The number of dihydropyridines is 1. The van der Waals surface area contributed by atoms with Gasteiger partial charge in [0, 0.05) is 25.5 Å². The number of allylic oxidation sites excluding steroid dienone is 1. The second-order valence-corrected chi connectivity index (χ2v) is 6.25. The molecule has 0 radical (unpaired) electrons. The van der Waals surface area contributed by atoms with Crippen LogP contribution in [-0.2, 0) is 11.2 Å². The summed E-state index contributed by atoms with van der Waals surface area (Å²) in [7, 11) is 1.57. The molecule has 2 heterocycles. The van der Waals surface area contributed by atoms with Crippen LogP contribution in [0.2, 0.25) is 0 Å². The molecule has 2 aliphatic heterocycles. The van der Waals surface area contributed by atoms with Crippen LogP contribution in [0.3, 0.4) is 0 Å². The van der Waals surface area contributed by atoms with Gasteiger partial charge in [0.05, 0.1) is 30.1 Å². The Balaban J connectivity index is 1.84. The molecule has 0 spiro atoms. The lowest BCUT2D eigenvalue weighted by Crippen LogP contribution is -2.22. The highest BCUT2D eigenvalue weighted by molar-refractivity contribution is 6.19. The van der Waals surface area contributed by atoms with Crippen molar-refractivity contribution in [1.29, 1.82) is 0 Å². The number of nitrogens with zero attached hydrogens (tertiary/aromatic N) is 2. The Morgan fingerprint density at radius 2 is 2.31 bits per heavy atom. The summed E-state index contributed by atoms with van der Waals surface area (Å²) in [5, 5.41) is 11.9. The predicted octanol–water partition coefficient (Wildman–Crippen LogP) is 2.69. The second kappa shape index (κ2) is 8.58. The van der Waals surface area contributed by atoms with Gasteiger partial charge in [0.25, 0.3) is 5.91 Å². The van der Waals surface area contributed by atoms with Gasteiger partial charge in [-0.1, -0.05) is 12.1 Å². The number of carbonyl (C=O) groups is 1. The molecule has 0 aromatic heterocycles. The summed E-state index contributed by atoms with van der Waals surface area (Å²) in [6, 6.07) is 5.78. The van der Waals surface area contributed by atoms with Crippen molar-refractivity contribution in [2.45, 2.75) is 31.7 Å². The van der Waals surface area contributed by atoms with E-state index in [1.54, 1.807) is 19.5 Å². The minimum absolute atomic E-state index is 0.133. The van der Waals surface area contributed by atoms with Crippen LogP contribution in [0.25, 0.3) is 0 Å². The molecule has 1 aromatic rings. The maximum Gasteiger partial charge on any atom is 0.259 e. The van der Waals surface area contributed by atoms with E-state index in [1.165, 1.54) is 0 Å². The van der Waals surface area contributed by atoms with Gasteiger partial charge in [0.1, 0.15) is 5.75 Å². The fraction of sp³-hybridized carbons (Fsp3) is 0.350. The number of aliphatic hydroxyl groups is 1. The first-order valence-corrected chi connectivity index (χ1v) is 8.76. The van der Waals surface area contributed by atoms with E-state index >= 15 is 0 Å². The number of aliphatic imine (C=N–C) groups is 2. The third kappa shape index (κ3) is 4.26. The van der Waals surface area contributed by atoms with E-state index in [2.05, 4.69) is 15.3 Å². The Hall–Kier alpha value is -2.73. The van der Waals surface area contributed by atoms with Gasteiger partial charge in [-0.05, 0) is 43.0 Å². The van der Waals surface area contributed by atoms with Crippen molar-refractivity contribution < 1.29 is 14.6 Å². The highest BCUT2D eigenvalue weighted by Gasteiger charge is 2.22. The molecule has 2 bridgehead atoms. The van der Waals surface area contributed by atoms with E-state index in [0.29, 0.717) is 29.9 Å². The summed E-state index contributed by atoms with van der Waals surface area (Å²) in [5.74, 6) is 0.341. The largest absolute Gasteiger partial charge is 0.495 e. The van der Waals surface area contributed by atoms with Crippen molar-refractivity contribution in [3.63, 3.8) is 0 Å². The van der Waals surface area contributed by atoms with Gasteiger partial charge in [0.2, 0.25) is 0 Å². The number of anilines is 1. The lowest BCUT2D eigenvalue weighted by molar-refractivity contribution is -0.112. The first-order valence-electron chi connectivity index (χ1n) is 8.76. The van der Waals surface area contributed by atoms with Crippen LogP contribution < -0.4 is 10.1 Å². The standard InChI is InChI=1S/C20H23N3O3/c1-26-19-8-7-14(5-4-10-24)11-18(19)23-20(25)16-13-22-15-6-2-3-9-21-17(16)12-15/h2-3,7-9,11,13,15,24H,4-6,10,12H2,1H3,(H,23,25). The molecule has 1 amide bonds. The van der Waals surface area contributed by atoms with Crippen LogP contribution in [0.1, 0.15) is 24.8 Å². The zero-order chi connectivity index (χ0) is 18.4. The number of rotatable bonds is 6. The molecule has 136 valence electrons. The maximum absolute atomic E-state index is 12.8. The Labute approximate surface area is 153 Å². The monoisotopic (exact) mass is 353 g/mol. The molecule has 6 nitrogen and oxygen atoms in total. The number of carbonyl (C=O) groups excluding carboxylic acids is 1. The summed E-state index contributed by atoms with van der Waals surface area (Å²) in [6.45, 7) is 0.133. The first-order chi connectivity index (χ1) is 12.7. The molecule has 2 N–H and O–H groups in total. The Kier molecular flexibility index (Phi) is 5.96. The average Bonchev–Trinajstić information content (AvgIpc) is 2.64. The van der Waals surface area contributed by atoms with Gasteiger partial charge in [0.15, 0.2) is 0 Å². The quantitative estimate of drug-likeness (QED) is 0.825. The van der Waals surface area contributed by atoms with E-state index in [9.17, 15) is 4.79 Å². The Bertz CT molecular complexity index is 793. The molecule has 2 aliphatic rings. The van der Waals surface area contributed by atoms with Gasteiger partial charge in [-0.3, -0.25) is 14.8 Å². The van der Waals surface area contributed by atoms with Crippen LogP contribution in [0.15, 0.2) is 51.6 Å². The van der Waals surface area contributed by atoms with Crippen LogP contribution in [0.4, 0.5) is 5.69 Å². The number of methoxy groups -OCH3 is 1. The molecule has 0 aliphatic carbocycles. The van der Waals surface area contributed by atoms with Crippen LogP contribution in [0.5, 0.6) is 5.75 Å². The average molecular weight is 353 g/mol. The predicted molar refractivity (Wildman–Crippen MR) is 103 cm³/mol. The van der Waals surface area contributed by atoms with Crippen LogP contribution in [-0.4, -0.2) is 43.2 Å². The van der Waals surface area contributed by atoms with E-state index in [4.69, 9.17) is 9.84 Å². The maximum atomic E-state index is 12.8. The molecule has 6 heteroatoms.